The van der Waals surface area contributed by atoms with Crippen molar-refractivity contribution in [2.24, 2.45) is 0 Å². The molecule has 1 fully saturated rings. The van der Waals surface area contributed by atoms with Crippen molar-refractivity contribution in [3.05, 3.63) is 23.8 Å². The number of nitrogens with one attached hydrogen (secondary N) is 1. The molecule has 2 aliphatic rings. The molecule has 3 rings (SSSR count). The average Bonchev–Trinajstić information content (AvgIpc) is 2.94. The second-order valence-corrected chi connectivity index (χ2v) is 7.08. The maximum atomic E-state index is 12.8. The van der Waals surface area contributed by atoms with Gasteiger partial charge in [-0.3, -0.25) is 0 Å². The van der Waals surface area contributed by atoms with Crippen molar-refractivity contribution in [1.82, 2.24) is 4.72 Å². The van der Waals surface area contributed by atoms with Crippen molar-refractivity contribution in [2.45, 2.75) is 30.0 Å². The fraction of sp³-hybridized carbons (Fsp3) is 0.538. The van der Waals surface area contributed by atoms with E-state index in [4.69, 9.17) is 4.74 Å². The third kappa shape index (κ3) is 2.92. The Morgan fingerprint density at radius 1 is 1.36 bits per heavy atom. The number of sulfonamides is 1. The molecule has 2 aliphatic heterocycles. The van der Waals surface area contributed by atoms with Gasteiger partial charge in [-0.1, -0.05) is 0 Å². The number of rotatable bonds is 2. The molecule has 0 amide bonds. The van der Waals surface area contributed by atoms with E-state index < -0.39 is 21.8 Å². The van der Waals surface area contributed by atoms with Gasteiger partial charge in [0.15, 0.2) is 0 Å². The molecule has 1 atom stereocenters. The predicted octanol–water partition coefficient (Wildman–Crippen LogP) is 1.94. The molecular formula is C13H15F3N2O3S. The smallest absolute Gasteiger partial charge is 0.376 e. The highest BCUT2D eigenvalue weighted by Crippen LogP contribution is 2.36. The molecule has 0 radical (unpaired) electrons. The number of nitrogens with zero attached hydrogens (tertiary/aromatic N) is 1. The molecule has 22 heavy (non-hydrogen) atoms. The van der Waals surface area contributed by atoms with Crippen molar-refractivity contribution in [2.75, 3.05) is 24.7 Å². The van der Waals surface area contributed by atoms with Crippen LogP contribution in [0.1, 0.15) is 18.4 Å². The number of hydrogen-bond acceptors (Lipinski definition) is 4. The van der Waals surface area contributed by atoms with Gasteiger partial charge in [-0.25, -0.2) is 8.42 Å². The summed E-state index contributed by atoms with van der Waals surface area (Å²) in [6.07, 6.45) is -2.82. The molecule has 1 aromatic rings. The maximum absolute atomic E-state index is 12.8. The molecule has 9 heteroatoms. The zero-order valence-corrected chi connectivity index (χ0v) is 12.4. The van der Waals surface area contributed by atoms with E-state index in [1.54, 1.807) is 4.90 Å². The van der Waals surface area contributed by atoms with Gasteiger partial charge >= 0.3 is 6.18 Å². The lowest BCUT2D eigenvalue weighted by Crippen LogP contribution is -2.46. The van der Waals surface area contributed by atoms with Crippen molar-refractivity contribution < 1.29 is 26.3 Å². The van der Waals surface area contributed by atoms with Crippen LogP contribution in [0.15, 0.2) is 23.1 Å². The fourth-order valence-corrected chi connectivity index (χ4v) is 3.93. The Bertz CT molecular complexity index is 670. The summed E-state index contributed by atoms with van der Waals surface area (Å²) in [6.45, 7) is 1.13. The predicted molar refractivity (Wildman–Crippen MR) is 73.0 cm³/mol. The minimum absolute atomic E-state index is 0.0283. The Morgan fingerprint density at radius 2 is 2.14 bits per heavy atom. The zero-order chi connectivity index (χ0) is 16.0. The van der Waals surface area contributed by atoms with Crippen LogP contribution in [0.4, 0.5) is 18.9 Å². The summed E-state index contributed by atoms with van der Waals surface area (Å²) in [5, 5.41) is 0. The minimum atomic E-state index is -4.58. The highest BCUT2D eigenvalue weighted by atomic mass is 32.2. The van der Waals surface area contributed by atoms with Gasteiger partial charge in [0.25, 0.3) is 0 Å². The first-order valence-corrected chi connectivity index (χ1v) is 8.33. The first-order valence-electron chi connectivity index (χ1n) is 6.85. The Hall–Kier alpha value is -1.32. The van der Waals surface area contributed by atoms with Crippen molar-refractivity contribution in [1.29, 1.82) is 0 Å². The molecular weight excluding hydrogens is 321 g/mol. The number of anilines is 1. The molecule has 0 aromatic heterocycles. The second kappa shape index (κ2) is 5.39. The van der Waals surface area contributed by atoms with Gasteiger partial charge in [-0.05, 0) is 31.0 Å². The molecule has 1 N–H and O–H groups in total. The highest BCUT2D eigenvalue weighted by Gasteiger charge is 2.36. The van der Waals surface area contributed by atoms with E-state index in [1.165, 1.54) is 6.07 Å². The van der Waals surface area contributed by atoms with Crippen LogP contribution in [0.25, 0.3) is 0 Å². The van der Waals surface area contributed by atoms with Crippen LogP contribution in [0.3, 0.4) is 0 Å². The molecule has 0 spiro atoms. The standard InChI is InChI=1S/C13H15F3N2O3S/c14-13(15,16)9-3-4-11-12(6-9)22(19,20)17-8-18(11)7-10-2-1-5-21-10/h3-4,6,10,17H,1-2,5,7-8H2. The first-order chi connectivity index (χ1) is 10.3. The van der Waals surface area contributed by atoms with Crippen molar-refractivity contribution >= 4 is 15.7 Å². The summed E-state index contributed by atoms with van der Waals surface area (Å²) in [5.41, 5.74) is -0.696. The van der Waals surface area contributed by atoms with E-state index in [9.17, 15) is 21.6 Å². The maximum Gasteiger partial charge on any atom is 0.416 e. The van der Waals surface area contributed by atoms with Gasteiger partial charge in [-0.15, -0.1) is 0 Å². The molecule has 0 bridgehead atoms. The van der Waals surface area contributed by atoms with Gasteiger partial charge in [0, 0.05) is 13.2 Å². The Labute approximate surface area is 126 Å². The normalized spacial score (nSPS) is 24.3. The lowest BCUT2D eigenvalue weighted by atomic mass is 10.1. The van der Waals surface area contributed by atoms with Gasteiger partial charge in [0.05, 0.1) is 24.0 Å². The summed E-state index contributed by atoms with van der Waals surface area (Å²) in [6, 6.07) is 2.80. The SMILES string of the molecule is O=S1(=O)NCN(CC2CCCO2)c2ccc(C(F)(F)F)cc21. The Kier molecular flexibility index (Phi) is 3.82. The third-order valence-electron chi connectivity index (χ3n) is 3.81. The Balaban J connectivity index is 1.97. The van der Waals surface area contributed by atoms with E-state index in [1.807, 2.05) is 0 Å². The molecule has 5 nitrogen and oxygen atoms in total. The van der Waals surface area contributed by atoms with E-state index >= 15 is 0 Å². The lowest BCUT2D eigenvalue weighted by Gasteiger charge is -2.33. The molecule has 1 aromatic carbocycles. The van der Waals surface area contributed by atoms with Crippen LogP contribution in [-0.4, -0.2) is 34.3 Å². The van der Waals surface area contributed by atoms with E-state index in [0.29, 0.717) is 19.2 Å². The topological polar surface area (TPSA) is 58.6 Å². The summed E-state index contributed by atoms with van der Waals surface area (Å²) in [4.78, 5) is 1.36. The molecule has 0 saturated carbocycles. The van der Waals surface area contributed by atoms with E-state index in [2.05, 4.69) is 4.72 Å². The number of ether oxygens (including phenoxy) is 1. The average molecular weight is 336 g/mol. The van der Waals surface area contributed by atoms with Crippen LogP contribution in [0.2, 0.25) is 0 Å². The molecule has 0 aliphatic carbocycles. The van der Waals surface area contributed by atoms with Crippen molar-refractivity contribution in [3.63, 3.8) is 0 Å². The lowest BCUT2D eigenvalue weighted by molar-refractivity contribution is -0.137. The number of benzene rings is 1. The van der Waals surface area contributed by atoms with Crippen LogP contribution in [-0.2, 0) is 20.9 Å². The second-order valence-electron chi connectivity index (χ2n) is 5.34. The van der Waals surface area contributed by atoms with Crippen LogP contribution < -0.4 is 9.62 Å². The number of fused-ring (bicyclic) bond motifs is 1. The van der Waals surface area contributed by atoms with Crippen molar-refractivity contribution in [3.8, 4) is 0 Å². The molecule has 2 heterocycles. The van der Waals surface area contributed by atoms with Crippen LogP contribution in [0, 0.1) is 0 Å². The van der Waals surface area contributed by atoms with Gasteiger partial charge in [0.1, 0.15) is 4.90 Å². The summed E-state index contributed by atoms with van der Waals surface area (Å²) >= 11 is 0. The minimum Gasteiger partial charge on any atom is -0.376 e. The Morgan fingerprint density at radius 3 is 2.77 bits per heavy atom. The first kappa shape index (κ1) is 15.6. The van der Waals surface area contributed by atoms with E-state index in [-0.39, 0.29) is 23.4 Å². The summed E-state index contributed by atoms with van der Waals surface area (Å²) < 4.78 is 70.1. The third-order valence-corrected chi connectivity index (χ3v) is 5.23. The fourth-order valence-electron chi connectivity index (χ4n) is 2.69. The van der Waals surface area contributed by atoms with Gasteiger partial charge in [0.2, 0.25) is 10.0 Å². The van der Waals surface area contributed by atoms with Gasteiger partial charge in [-0.2, -0.15) is 17.9 Å². The molecule has 1 unspecified atom stereocenters. The number of alkyl halides is 3. The molecule has 1 saturated heterocycles. The monoisotopic (exact) mass is 336 g/mol. The highest BCUT2D eigenvalue weighted by molar-refractivity contribution is 7.89. The molecule has 122 valence electrons. The number of hydrogen-bond donors (Lipinski definition) is 1. The van der Waals surface area contributed by atoms with Crippen LogP contribution >= 0.6 is 0 Å². The number of halogens is 3. The van der Waals surface area contributed by atoms with Crippen LogP contribution in [0.5, 0.6) is 0 Å². The van der Waals surface area contributed by atoms with E-state index in [0.717, 1.165) is 18.9 Å². The summed E-state index contributed by atoms with van der Waals surface area (Å²) in [5.74, 6) is 0. The quantitative estimate of drug-likeness (QED) is 0.897. The van der Waals surface area contributed by atoms with Gasteiger partial charge < -0.3 is 9.64 Å². The summed E-state index contributed by atoms with van der Waals surface area (Å²) in [7, 11) is -3.92. The largest absolute Gasteiger partial charge is 0.416 e. The zero-order valence-electron chi connectivity index (χ0n) is 11.6.